The Morgan fingerprint density at radius 1 is 1.19 bits per heavy atom. The van der Waals surface area contributed by atoms with Gasteiger partial charge in [-0.05, 0) is 17.7 Å². The lowest BCUT2D eigenvalue weighted by Crippen LogP contribution is -2.36. The predicted octanol–water partition coefficient (Wildman–Crippen LogP) is 0.601. The van der Waals surface area contributed by atoms with Crippen molar-refractivity contribution in [1.29, 1.82) is 0 Å². The van der Waals surface area contributed by atoms with Crippen LogP contribution in [0, 0.1) is 5.82 Å². The first-order valence-electron chi connectivity index (χ1n) is 6.34. The zero-order chi connectivity index (χ0) is 15.9. The average Bonchev–Trinajstić information content (AvgIpc) is 2.46. The van der Waals surface area contributed by atoms with Gasteiger partial charge in [0, 0.05) is 27.3 Å². The summed E-state index contributed by atoms with van der Waals surface area (Å²) in [5.74, 6) is -0.888. The van der Waals surface area contributed by atoms with Gasteiger partial charge in [0.15, 0.2) is 0 Å². The van der Waals surface area contributed by atoms with Crippen molar-refractivity contribution in [2.75, 3.05) is 40.5 Å². The molecule has 0 saturated carbocycles. The minimum absolute atomic E-state index is 0.101. The van der Waals surface area contributed by atoms with E-state index in [1.165, 1.54) is 20.3 Å². The summed E-state index contributed by atoms with van der Waals surface area (Å²) in [7, 11) is -1.07. The average molecular weight is 321 g/mol. The van der Waals surface area contributed by atoms with Gasteiger partial charge in [0.2, 0.25) is 10.0 Å². The van der Waals surface area contributed by atoms with E-state index in [-0.39, 0.29) is 32.9 Å². The van der Waals surface area contributed by atoms with Crippen molar-refractivity contribution >= 4 is 10.0 Å². The highest BCUT2D eigenvalue weighted by Crippen LogP contribution is 2.20. The summed E-state index contributed by atoms with van der Waals surface area (Å²) in [6.45, 7) is 0.236. The van der Waals surface area contributed by atoms with Crippen LogP contribution in [0.3, 0.4) is 0 Å². The molecule has 0 aliphatic carbocycles. The minimum atomic E-state index is -3.98. The monoisotopic (exact) mass is 321 g/mol. The molecule has 1 aromatic rings. The Morgan fingerprint density at radius 3 is 2.19 bits per heavy atom. The molecule has 0 aromatic heterocycles. The summed E-state index contributed by atoms with van der Waals surface area (Å²) in [5.41, 5.74) is 0.312. The predicted molar refractivity (Wildman–Crippen MR) is 74.8 cm³/mol. The van der Waals surface area contributed by atoms with Crippen molar-refractivity contribution in [3.63, 3.8) is 0 Å². The summed E-state index contributed by atoms with van der Waals surface area (Å²) in [6.07, 6.45) is 0. The Balaban J connectivity index is 3.08. The number of aliphatic hydroxyl groups is 1. The van der Waals surface area contributed by atoms with E-state index in [4.69, 9.17) is 14.6 Å². The third-order valence-electron chi connectivity index (χ3n) is 2.89. The third-order valence-corrected chi connectivity index (χ3v) is 4.82. The molecular formula is C13H20FNO5S. The number of halogens is 1. The van der Waals surface area contributed by atoms with E-state index in [1.807, 2.05) is 0 Å². The van der Waals surface area contributed by atoms with E-state index < -0.39 is 20.7 Å². The molecule has 8 heteroatoms. The number of methoxy groups -OCH3 is 2. The van der Waals surface area contributed by atoms with Gasteiger partial charge in [-0.3, -0.25) is 0 Å². The maximum atomic E-state index is 14.0. The molecule has 0 spiro atoms. The molecule has 6 nitrogen and oxygen atoms in total. The topological polar surface area (TPSA) is 76.1 Å². The lowest BCUT2D eigenvalue weighted by molar-refractivity contribution is 0.150. The van der Waals surface area contributed by atoms with E-state index in [0.29, 0.717) is 5.56 Å². The first-order valence-corrected chi connectivity index (χ1v) is 7.78. The van der Waals surface area contributed by atoms with Crippen LogP contribution in [0.2, 0.25) is 0 Å². The van der Waals surface area contributed by atoms with Gasteiger partial charge in [-0.15, -0.1) is 0 Å². The van der Waals surface area contributed by atoms with Crippen molar-refractivity contribution in [3.8, 4) is 0 Å². The van der Waals surface area contributed by atoms with E-state index in [2.05, 4.69) is 0 Å². The molecule has 120 valence electrons. The molecule has 0 atom stereocenters. The van der Waals surface area contributed by atoms with Crippen LogP contribution < -0.4 is 0 Å². The molecule has 21 heavy (non-hydrogen) atoms. The molecule has 0 fully saturated rings. The van der Waals surface area contributed by atoms with Gasteiger partial charge in [-0.25, -0.2) is 12.8 Å². The van der Waals surface area contributed by atoms with Crippen molar-refractivity contribution < 1.29 is 27.4 Å². The highest BCUT2D eigenvalue weighted by molar-refractivity contribution is 7.89. The number of ether oxygens (including phenoxy) is 2. The number of nitrogens with zero attached hydrogens (tertiary/aromatic N) is 1. The van der Waals surface area contributed by atoms with Crippen LogP contribution in [0.5, 0.6) is 0 Å². The third kappa shape index (κ3) is 4.72. The normalized spacial score (nSPS) is 12.0. The number of rotatable bonds is 9. The standard InChI is InChI=1S/C13H20FNO5S/c1-19-7-5-15(6-8-20-2)21(17,18)13-4-3-11(10-16)9-12(13)14/h3-4,9,16H,5-8,10H2,1-2H3. The fourth-order valence-electron chi connectivity index (χ4n) is 1.73. The quantitative estimate of drug-likeness (QED) is 0.721. The highest BCUT2D eigenvalue weighted by Gasteiger charge is 2.27. The Hall–Kier alpha value is -1.06. The van der Waals surface area contributed by atoms with E-state index >= 15 is 0 Å². The second-order valence-corrected chi connectivity index (χ2v) is 6.22. The van der Waals surface area contributed by atoms with Gasteiger partial charge in [0.25, 0.3) is 0 Å². The van der Waals surface area contributed by atoms with Crippen molar-refractivity contribution in [3.05, 3.63) is 29.6 Å². The molecule has 0 aliphatic heterocycles. The Bertz CT molecular complexity index is 541. The van der Waals surface area contributed by atoms with Crippen molar-refractivity contribution in [2.45, 2.75) is 11.5 Å². The summed E-state index contributed by atoms with van der Waals surface area (Å²) in [5, 5.41) is 8.94. The molecule has 1 N–H and O–H groups in total. The molecule has 0 unspecified atom stereocenters. The Labute approximate surface area is 124 Å². The fraction of sp³-hybridized carbons (Fsp3) is 0.538. The van der Waals surface area contributed by atoms with Crippen LogP contribution in [0.4, 0.5) is 4.39 Å². The SMILES string of the molecule is COCCN(CCOC)S(=O)(=O)c1ccc(CO)cc1F. The van der Waals surface area contributed by atoms with Crippen molar-refractivity contribution in [1.82, 2.24) is 4.31 Å². The first-order chi connectivity index (χ1) is 9.97. The smallest absolute Gasteiger partial charge is 0.246 e. The maximum Gasteiger partial charge on any atom is 0.246 e. The molecule has 0 bridgehead atoms. The van der Waals surface area contributed by atoms with Crippen LogP contribution >= 0.6 is 0 Å². The molecule has 0 saturated heterocycles. The number of aliphatic hydroxyl groups excluding tert-OH is 1. The molecule has 0 radical (unpaired) electrons. The zero-order valence-electron chi connectivity index (χ0n) is 12.1. The van der Waals surface area contributed by atoms with Gasteiger partial charge in [-0.2, -0.15) is 4.31 Å². The maximum absolute atomic E-state index is 14.0. The highest BCUT2D eigenvalue weighted by atomic mass is 32.2. The van der Waals surface area contributed by atoms with Gasteiger partial charge in [0.1, 0.15) is 10.7 Å². The number of hydrogen-bond acceptors (Lipinski definition) is 5. The summed E-state index contributed by atoms with van der Waals surface area (Å²) in [6, 6.07) is 3.54. The van der Waals surface area contributed by atoms with Crippen LogP contribution in [-0.2, 0) is 26.1 Å². The minimum Gasteiger partial charge on any atom is -0.392 e. The summed E-state index contributed by atoms with van der Waals surface area (Å²) >= 11 is 0. The second-order valence-electron chi connectivity index (χ2n) is 4.31. The fourth-order valence-corrected chi connectivity index (χ4v) is 3.18. The number of benzene rings is 1. The first kappa shape index (κ1) is 18.0. The molecule has 1 aromatic carbocycles. The lowest BCUT2D eigenvalue weighted by atomic mass is 10.2. The van der Waals surface area contributed by atoms with Crippen LogP contribution in [0.15, 0.2) is 23.1 Å². The largest absolute Gasteiger partial charge is 0.392 e. The molecule has 0 heterocycles. The number of sulfonamides is 1. The van der Waals surface area contributed by atoms with Gasteiger partial charge in [-0.1, -0.05) is 6.07 Å². The van der Waals surface area contributed by atoms with Gasteiger partial charge < -0.3 is 14.6 Å². The summed E-state index contributed by atoms with van der Waals surface area (Å²) < 4.78 is 49.8. The van der Waals surface area contributed by atoms with Gasteiger partial charge in [0.05, 0.1) is 19.8 Å². The molecule has 1 rings (SSSR count). The molecular weight excluding hydrogens is 301 g/mol. The van der Waals surface area contributed by atoms with E-state index in [0.717, 1.165) is 16.4 Å². The van der Waals surface area contributed by atoms with Crippen molar-refractivity contribution in [2.24, 2.45) is 0 Å². The van der Waals surface area contributed by atoms with Crippen LogP contribution in [-0.4, -0.2) is 58.4 Å². The number of hydrogen-bond donors (Lipinski definition) is 1. The van der Waals surface area contributed by atoms with E-state index in [1.54, 1.807) is 0 Å². The Morgan fingerprint density at radius 2 is 1.76 bits per heavy atom. The lowest BCUT2D eigenvalue weighted by Gasteiger charge is -2.22. The van der Waals surface area contributed by atoms with Crippen LogP contribution in [0.1, 0.15) is 5.56 Å². The second kappa shape index (κ2) is 8.40. The Kier molecular flexibility index (Phi) is 7.20. The zero-order valence-corrected chi connectivity index (χ0v) is 12.9. The molecule has 0 amide bonds. The summed E-state index contributed by atoms with van der Waals surface area (Å²) in [4.78, 5) is -0.424. The van der Waals surface area contributed by atoms with Gasteiger partial charge >= 0.3 is 0 Å². The van der Waals surface area contributed by atoms with E-state index in [9.17, 15) is 12.8 Å². The molecule has 0 aliphatic rings. The van der Waals surface area contributed by atoms with Crippen LogP contribution in [0.25, 0.3) is 0 Å².